The van der Waals surface area contributed by atoms with Gasteiger partial charge < -0.3 is 19.4 Å². The van der Waals surface area contributed by atoms with Crippen LogP contribution in [0.25, 0.3) is 0 Å². The molecular formula is C64H120N2O7P+. The van der Waals surface area contributed by atoms with Crippen LogP contribution in [0.15, 0.2) is 60.8 Å². The summed E-state index contributed by atoms with van der Waals surface area (Å²) in [7, 11) is 1.49. The van der Waals surface area contributed by atoms with Crippen molar-refractivity contribution in [2.24, 2.45) is 0 Å². The van der Waals surface area contributed by atoms with Gasteiger partial charge in [0.2, 0.25) is 5.91 Å². The molecule has 0 rings (SSSR count). The molecule has 432 valence electrons. The van der Waals surface area contributed by atoms with Crippen molar-refractivity contribution in [1.82, 2.24) is 5.32 Å². The zero-order valence-corrected chi connectivity index (χ0v) is 50.2. The van der Waals surface area contributed by atoms with E-state index < -0.39 is 20.0 Å². The largest absolute Gasteiger partial charge is 0.472 e. The first kappa shape index (κ1) is 71.7. The molecule has 0 aliphatic rings. The summed E-state index contributed by atoms with van der Waals surface area (Å²) in [5.41, 5.74) is 0. The number of rotatable bonds is 56. The number of quaternary nitrogens is 1. The zero-order valence-electron chi connectivity index (χ0n) is 49.3. The summed E-state index contributed by atoms with van der Waals surface area (Å²) < 4.78 is 30.7. The molecular weight excluding hydrogens is 940 g/mol. The first-order chi connectivity index (χ1) is 35.9. The topological polar surface area (TPSA) is 111 Å². The molecule has 2 N–H and O–H groups in total. The van der Waals surface area contributed by atoms with Crippen LogP contribution >= 0.6 is 7.82 Å². The Balaban J connectivity index is 5.27. The number of likely N-dealkylation sites (N-methyl/N-ethyl adjacent to an activating group) is 1. The highest BCUT2D eigenvalue weighted by atomic mass is 31.2. The fourth-order valence-electron chi connectivity index (χ4n) is 8.82. The van der Waals surface area contributed by atoms with Gasteiger partial charge in [0.15, 0.2) is 0 Å². The van der Waals surface area contributed by atoms with Crippen molar-refractivity contribution in [3.63, 3.8) is 0 Å². The molecule has 3 atom stereocenters. The lowest BCUT2D eigenvalue weighted by molar-refractivity contribution is -0.870. The van der Waals surface area contributed by atoms with Gasteiger partial charge in [-0.05, 0) is 96.0 Å². The number of carbonyl (C=O) groups excluding carboxylic acids is 2. The second-order valence-electron chi connectivity index (χ2n) is 22.2. The standard InChI is InChI=1S/C64H119N2O7P/c1-7-10-13-16-19-22-25-28-30-32-33-35-36-38-41-44-47-50-53-56-63(67)65-61(60-72-74(69,70)71-59-58-66(4,5)6)62(55-52-49-46-43-40-27-24-21-18-15-12-9-3)73-64(68)57-54-51-48-45-42-39-37-34-31-29-26-23-20-17-14-11-8-2/h19-20,22-23,28-31,52,55,61-62H,7-18,21,24-27,32-51,53-54,56-60H2,1-6H3,(H-,65,67,69,70)/p+1/b22-19-,23-20-,30-28-,31-29-,55-52+. The second kappa shape index (κ2) is 54.1. The molecule has 0 spiro atoms. The number of nitrogens with one attached hydrogen (secondary N) is 1. The molecule has 0 heterocycles. The van der Waals surface area contributed by atoms with Crippen molar-refractivity contribution in [3.05, 3.63) is 60.8 Å². The van der Waals surface area contributed by atoms with Crippen LogP contribution in [0.5, 0.6) is 0 Å². The van der Waals surface area contributed by atoms with Gasteiger partial charge in [0.1, 0.15) is 19.3 Å². The van der Waals surface area contributed by atoms with Crippen molar-refractivity contribution < 1.29 is 37.3 Å². The third-order valence-corrected chi connectivity index (χ3v) is 14.7. The number of phosphoric acid groups is 1. The van der Waals surface area contributed by atoms with Gasteiger partial charge in [-0.25, -0.2) is 4.57 Å². The monoisotopic (exact) mass is 1060 g/mol. The van der Waals surface area contributed by atoms with E-state index in [9.17, 15) is 19.0 Å². The molecule has 10 heteroatoms. The smallest absolute Gasteiger partial charge is 0.456 e. The maximum absolute atomic E-state index is 13.5. The molecule has 9 nitrogen and oxygen atoms in total. The number of nitrogens with zero attached hydrogens (tertiary/aromatic N) is 1. The van der Waals surface area contributed by atoms with E-state index in [0.717, 1.165) is 83.5 Å². The number of amides is 1. The number of esters is 1. The van der Waals surface area contributed by atoms with Crippen LogP contribution in [-0.2, 0) is 27.9 Å². The van der Waals surface area contributed by atoms with E-state index in [1.165, 1.54) is 167 Å². The minimum absolute atomic E-state index is 0.0371. The lowest BCUT2D eigenvalue weighted by atomic mass is 10.0. The summed E-state index contributed by atoms with van der Waals surface area (Å²) in [6.45, 7) is 6.97. The number of allylic oxidation sites excluding steroid dienone is 9. The molecule has 0 radical (unpaired) electrons. The van der Waals surface area contributed by atoms with E-state index in [-0.39, 0.29) is 31.5 Å². The Bertz CT molecular complexity index is 1450. The van der Waals surface area contributed by atoms with Gasteiger partial charge in [-0.3, -0.25) is 18.6 Å². The number of hydrogen-bond acceptors (Lipinski definition) is 6. The van der Waals surface area contributed by atoms with Gasteiger partial charge in [0.25, 0.3) is 0 Å². The normalized spacial score (nSPS) is 14.1. The van der Waals surface area contributed by atoms with Gasteiger partial charge in [0, 0.05) is 12.8 Å². The Morgan fingerprint density at radius 1 is 0.473 bits per heavy atom. The lowest BCUT2D eigenvalue weighted by Crippen LogP contribution is -2.47. The van der Waals surface area contributed by atoms with Gasteiger partial charge >= 0.3 is 13.8 Å². The molecule has 0 aromatic heterocycles. The number of phosphoric ester groups is 1. The van der Waals surface area contributed by atoms with Crippen LogP contribution in [0.1, 0.15) is 284 Å². The summed E-state index contributed by atoms with van der Waals surface area (Å²) >= 11 is 0. The third kappa shape index (κ3) is 54.5. The molecule has 0 aromatic rings. The van der Waals surface area contributed by atoms with Gasteiger partial charge in [0.05, 0.1) is 33.8 Å². The summed E-state index contributed by atoms with van der Waals surface area (Å²) in [6, 6.07) is -0.854. The van der Waals surface area contributed by atoms with E-state index in [1.807, 2.05) is 33.3 Å². The summed E-state index contributed by atoms with van der Waals surface area (Å²) in [5.74, 6) is -0.514. The van der Waals surface area contributed by atoms with Gasteiger partial charge in [-0.2, -0.15) is 0 Å². The highest BCUT2D eigenvalue weighted by Gasteiger charge is 2.30. The van der Waals surface area contributed by atoms with Crippen LogP contribution in [0.3, 0.4) is 0 Å². The second-order valence-corrected chi connectivity index (χ2v) is 23.7. The highest BCUT2D eigenvalue weighted by Crippen LogP contribution is 2.43. The molecule has 0 aliphatic heterocycles. The van der Waals surface area contributed by atoms with Crippen molar-refractivity contribution in [2.45, 2.75) is 296 Å². The number of carbonyl (C=O) groups is 2. The Hall–Kier alpha value is -2.29. The summed E-state index contributed by atoms with van der Waals surface area (Å²) in [4.78, 5) is 37.7. The first-order valence-corrected chi connectivity index (χ1v) is 32.6. The minimum atomic E-state index is -4.45. The van der Waals surface area contributed by atoms with Crippen LogP contribution in [0, 0.1) is 0 Å². The van der Waals surface area contributed by atoms with Crippen molar-refractivity contribution >= 4 is 19.7 Å². The first-order valence-electron chi connectivity index (χ1n) is 31.1. The van der Waals surface area contributed by atoms with Crippen LogP contribution in [0.4, 0.5) is 0 Å². The van der Waals surface area contributed by atoms with Crippen LogP contribution < -0.4 is 5.32 Å². The molecule has 3 unspecified atom stereocenters. The number of hydrogen-bond donors (Lipinski definition) is 2. The van der Waals surface area contributed by atoms with E-state index in [4.69, 9.17) is 13.8 Å². The molecule has 0 saturated heterocycles. The third-order valence-electron chi connectivity index (χ3n) is 13.7. The van der Waals surface area contributed by atoms with Gasteiger partial charge in [-0.1, -0.05) is 236 Å². The summed E-state index contributed by atoms with van der Waals surface area (Å²) in [6.07, 6.45) is 67.8. The SMILES string of the molecule is CCCCC/C=C\C/C=C\CCCCCCCCCCCC(=O)NC(COP(=O)(O)OCC[N+](C)(C)C)C(/C=C/CCCCCCCCCCCC)OC(=O)CCCCCCCCC/C=C\C/C=C\CCCCC. The maximum atomic E-state index is 13.5. The van der Waals surface area contributed by atoms with E-state index in [2.05, 4.69) is 74.7 Å². The molecule has 0 fully saturated rings. The van der Waals surface area contributed by atoms with E-state index in [0.29, 0.717) is 17.4 Å². The van der Waals surface area contributed by atoms with E-state index in [1.54, 1.807) is 0 Å². The minimum Gasteiger partial charge on any atom is -0.456 e. The average molecular weight is 1060 g/mol. The Morgan fingerprint density at radius 3 is 1.24 bits per heavy atom. The average Bonchev–Trinajstić information content (AvgIpc) is 3.36. The maximum Gasteiger partial charge on any atom is 0.472 e. The quantitative estimate of drug-likeness (QED) is 0.0205. The zero-order chi connectivity index (χ0) is 54.3. The Kier molecular flexibility index (Phi) is 52.4. The van der Waals surface area contributed by atoms with Crippen molar-refractivity contribution in [1.29, 1.82) is 0 Å². The van der Waals surface area contributed by atoms with E-state index >= 15 is 0 Å². The molecule has 1 amide bonds. The predicted octanol–water partition coefficient (Wildman–Crippen LogP) is 19.1. The predicted molar refractivity (Wildman–Crippen MR) is 318 cm³/mol. The van der Waals surface area contributed by atoms with Gasteiger partial charge in [-0.15, -0.1) is 0 Å². The molecule has 0 aromatic carbocycles. The fraction of sp³-hybridized carbons (Fsp3) is 0.812. The molecule has 0 saturated carbocycles. The molecule has 0 bridgehead atoms. The highest BCUT2D eigenvalue weighted by molar-refractivity contribution is 7.47. The van der Waals surface area contributed by atoms with Crippen molar-refractivity contribution in [2.75, 3.05) is 40.9 Å². The van der Waals surface area contributed by atoms with Crippen LogP contribution in [0.2, 0.25) is 0 Å². The summed E-state index contributed by atoms with van der Waals surface area (Å²) in [5, 5.41) is 3.05. The Morgan fingerprint density at radius 2 is 0.824 bits per heavy atom. The Labute approximate surface area is 458 Å². The van der Waals surface area contributed by atoms with Crippen LogP contribution in [-0.4, -0.2) is 74.3 Å². The molecule has 74 heavy (non-hydrogen) atoms. The number of ether oxygens (including phenoxy) is 1. The van der Waals surface area contributed by atoms with Crippen molar-refractivity contribution in [3.8, 4) is 0 Å². The molecule has 0 aliphatic carbocycles. The lowest BCUT2D eigenvalue weighted by Gasteiger charge is -2.27. The fourth-order valence-corrected chi connectivity index (χ4v) is 9.56. The number of unbranched alkanes of at least 4 members (excludes halogenated alkanes) is 32.